The number of anilines is 1. The average molecular weight is 294 g/mol. The Morgan fingerprint density at radius 1 is 1.29 bits per heavy atom. The van der Waals surface area contributed by atoms with Crippen molar-refractivity contribution >= 4 is 17.6 Å². The number of hydrogen-bond donors (Lipinski definition) is 1. The van der Waals surface area contributed by atoms with E-state index in [0.29, 0.717) is 18.8 Å². The number of amides is 1. The predicted molar refractivity (Wildman–Crippen MR) is 71.5 cm³/mol. The zero-order valence-electron chi connectivity index (χ0n) is 11.8. The van der Waals surface area contributed by atoms with E-state index in [9.17, 15) is 14.7 Å². The number of methoxy groups -OCH3 is 2. The molecule has 2 rings (SSSR count). The molecule has 1 aromatic rings. The van der Waals surface area contributed by atoms with Crippen LogP contribution in [0, 0.1) is 0 Å². The van der Waals surface area contributed by atoms with Crippen LogP contribution in [0.2, 0.25) is 0 Å². The molecule has 1 aliphatic rings. The Morgan fingerprint density at radius 2 is 1.95 bits per heavy atom. The maximum Gasteiger partial charge on any atom is 0.253 e. The molecule has 1 heterocycles. The highest BCUT2D eigenvalue weighted by Gasteiger charge is 2.25. The molecule has 1 amide bonds. The van der Waals surface area contributed by atoms with Crippen LogP contribution in [-0.2, 0) is 9.53 Å². The molecule has 0 unspecified atom stereocenters. The summed E-state index contributed by atoms with van der Waals surface area (Å²) in [5.74, 6) is -1.25. The van der Waals surface area contributed by atoms with Crippen LogP contribution in [0.3, 0.4) is 0 Å². The number of carbonyl (C=O) groups is 2. The quantitative estimate of drug-likeness (QED) is 0.832. The standard InChI is InChI=1S/C14H17NO6/c1-19-11-6-8(14(17)18)9(7-12(11)20-2)15-13(16)10-4-3-5-21-10/h6-7,10H,3-5H2,1-2H3,(H,15,16)(H,17,18)/p-1/t10-/m0/s1. The molecule has 1 atom stereocenters. The van der Waals surface area contributed by atoms with Crippen molar-refractivity contribution in [3.8, 4) is 11.5 Å². The first-order valence-corrected chi connectivity index (χ1v) is 6.46. The monoisotopic (exact) mass is 294 g/mol. The summed E-state index contributed by atoms with van der Waals surface area (Å²) in [6, 6.07) is 2.64. The van der Waals surface area contributed by atoms with Gasteiger partial charge in [-0.1, -0.05) is 0 Å². The number of ether oxygens (including phenoxy) is 3. The lowest BCUT2D eigenvalue weighted by molar-refractivity contribution is -0.254. The molecule has 0 bridgehead atoms. The lowest BCUT2D eigenvalue weighted by Gasteiger charge is -2.17. The van der Waals surface area contributed by atoms with E-state index >= 15 is 0 Å². The Kier molecular flexibility index (Phi) is 4.64. The van der Waals surface area contributed by atoms with Crippen LogP contribution < -0.4 is 19.9 Å². The summed E-state index contributed by atoms with van der Waals surface area (Å²) >= 11 is 0. The molecular weight excluding hydrogens is 278 g/mol. The van der Waals surface area contributed by atoms with Crippen molar-refractivity contribution in [1.82, 2.24) is 0 Å². The van der Waals surface area contributed by atoms with Gasteiger partial charge >= 0.3 is 0 Å². The lowest BCUT2D eigenvalue weighted by atomic mass is 10.1. The minimum atomic E-state index is -1.42. The molecule has 1 aliphatic heterocycles. The van der Waals surface area contributed by atoms with E-state index in [1.807, 2.05) is 0 Å². The normalized spacial score (nSPS) is 17.3. The summed E-state index contributed by atoms with van der Waals surface area (Å²) in [6.45, 7) is 0.525. The van der Waals surface area contributed by atoms with Gasteiger partial charge in [-0.2, -0.15) is 0 Å². The zero-order chi connectivity index (χ0) is 15.4. The Bertz CT molecular complexity index is 551. The molecular formula is C14H16NO6-. The zero-order valence-corrected chi connectivity index (χ0v) is 11.8. The highest BCUT2D eigenvalue weighted by atomic mass is 16.5. The molecule has 1 saturated heterocycles. The highest BCUT2D eigenvalue weighted by Crippen LogP contribution is 2.33. The number of rotatable bonds is 5. The summed E-state index contributed by atoms with van der Waals surface area (Å²) in [7, 11) is 2.81. The lowest BCUT2D eigenvalue weighted by Crippen LogP contribution is -2.29. The number of carboxylic acid groups (broad SMARTS) is 1. The number of carboxylic acids is 1. The van der Waals surface area contributed by atoms with Gasteiger partial charge in [0.2, 0.25) is 0 Å². The number of aromatic carboxylic acids is 1. The minimum Gasteiger partial charge on any atom is -0.545 e. The van der Waals surface area contributed by atoms with E-state index in [1.165, 1.54) is 26.4 Å². The van der Waals surface area contributed by atoms with E-state index in [2.05, 4.69) is 5.32 Å². The fourth-order valence-corrected chi connectivity index (χ4v) is 2.15. The van der Waals surface area contributed by atoms with Crippen molar-refractivity contribution in [1.29, 1.82) is 0 Å². The second kappa shape index (κ2) is 6.45. The van der Waals surface area contributed by atoms with Crippen LogP contribution in [-0.4, -0.2) is 38.8 Å². The van der Waals surface area contributed by atoms with Crippen LogP contribution in [0.25, 0.3) is 0 Å². The molecule has 7 nitrogen and oxygen atoms in total. The summed E-state index contributed by atoms with van der Waals surface area (Å²) in [5, 5.41) is 13.7. The van der Waals surface area contributed by atoms with Crippen molar-refractivity contribution in [2.75, 3.05) is 26.1 Å². The van der Waals surface area contributed by atoms with Gasteiger partial charge in [0.15, 0.2) is 11.5 Å². The fraction of sp³-hybridized carbons (Fsp3) is 0.429. The van der Waals surface area contributed by atoms with Crippen molar-refractivity contribution < 1.29 is 28.9 Å². The fourth-order valence-electron chi connectivity index (χ4n) is 2.15. The number of carbonyl (C=O) groups excluding carboxylic acids is 2. The van der Waals surface area contributed by atoms with Crippen molar-refractivity contribution in [3.05, 3.63) is 17.7 Å². The molecule has 0 aromatic heterocycles. The first kappa shape index (κ1) is 15.1. The average Bonchev–Trinajstić information content (AvgIpc) is 3.00. The predicted octanol–water partition coefficient (Wildman–Crippen LogP) is 0.185. The number of hydrogen-bond acceptors (Lipinski definition) is 6. The van der Waals surface area contributed by atoms with Gasteiger partial charge in [0, 0.05) is 18.2 Å². The van der Waals surface area contributed by atoms with Crippen LogP contribution in [0.4, 0.5) is 5.69 Å². The van der Waals surface area contributed by atoms with Gasteiger partial charge in [-0.3, -0.25) is 4.79 Å². The first-order valence-electron chi connectivity index (χ1n) is 6.46. The van der Waals surface area contributed by atoms with Crippen LogP contribution in [0.15, 0.2) is 12.1 Å². The Hall–Kier alpha value is -2.28. The second-order valence-corrected chi connectivity index (χ2v) is 4.53. The van der Waals surface area contributed by atoms with Gasteiger partial charge in [-0.15, -0.1) is 0 Å². The molecule has 1 aromatic carbocycles. The van der Waals surface area contributed by atoms with Crippen LogP contribution >= 0.6 is 0 Å². The largest absolute Gasteiger partial charge is 0.545 e. The third-order valence-corrected chi connectivity index (χ3v) is 3.22. The van der Waals surface area contributed by atoms with E-state index < -0.39 is 12.1 Å². The Labute approximate surface area is 121 Å². The van der Waals surface area contributed by atoms with E-state index in [-0.39, 0.29) is 22.9 Å². The van der Waals surface area contributed by atoms with Gasteiger partial charge in [0.05, 0.1) is 25.9 Å². The topological polar surface area (TPSA) is 96.9 Å². The SMILES string of the molecule is COc1cc(NC(=O)[C@@H]2CCCO2)c(C(=O)[O-])cc1OC. The molecule has 1 N–H and O–H groups in total. The molecule has 0 saturated carbocycles. The van der Waals surface area contributed by atoms with E-state index in [1.54, 1.807) is 0 Å². The summed E-state index contributed by atoms with van der Waals surface area (Å²) in [5.41, 5.74) is -0.0906. The van der Waals surface area contributed by atoms with Gasteiger partial charge in [0.1, 0.15) is 6.10 Å². The van der Waals surface area contributed by atoms with Gasteiger partial charge in [-0.25, -0.2) is 0 Å². The maximum absolute atomic E-state index is 12.0. The summed E-state index contributed by atoms with van der Waals surface area (Å²) < 4.78 is 15.4. The van der Waals surface area contributed by atoms with Crippen molar-refractivity contribution in [3.63, 3.8) is 0 Å². The van der Waals surface area contributed by atoms with E-state index in [0.717, 1.165) is 6.42 Å². The maximum atomic E-state index is 12.0. The third-order valence-electron chi connectivity index (χ3n) is 3.22. The first-order chi connectivity index (χ1) is 10.1. The summed E-state index contributed by atoms with van der Waals surface area (Å²) in [4.78, 5) is 23.2. The van der Waals surface area contributed by atoms with E-state index in [4.69, 9.17) is 14.2 Å². The highest BCUT2D eigenvalue weighted by molar-refractivity contribution is 6.02. The third kappa shape index (κ3) is 3.25. The Morgan fingerprint density at radius 3 is 2.48 bits per heavy atom. The van der Waals surface area contributed by atoms with Gasteiger partial charge in [0.25, 0.3) is 5.91 Å². The molecule has 0 spiro atoms. The second-order valence-electron chi connectivity index (χ2n) is 4.53. The molecule has 0 radical (unpaired) electrons. The smallest absolute Gasteiger partial charge is 0.253 e. The number of benzene rings is 1. The van der Waals surface area contributed by atoms with Crippen LogP contribution in [0.1, 0.15) is 23.2 Å². The molecule has 7 heteroatoms. The molecule has 0 aliphatic carbocycles. The molecule has 1 fully saturated rings. The van der Waals surface area contributed by atoms with Gasteiger partial charge in [-0.05, 0) is 18.9 Å². The Balaban J connectivity index is 2.31. The summed E-state index contributed by atoms with van der Waals surface area (Å²) in [6.07, 6.45) is 0.852. The molecule has 21 heavy (non-hydrogen) atoms. The van der Waals surface area contributed by atoms with Crippen molar-refractivity contribution in [2.24, 2.45) is 0 Å². The van der Waals surface area contributed by atoms with Gasteiger partial charge < -0.3 is 29.4 Å². The minimum absolute atomic E-state index is 0.0909. The van der Waals surface area contributed by atoms with Crippen LogP contribution in [0.5, 0.6) is 11.5 Å². The van der Waals surface area contributed by atoms with Crippen molar-refractivity contribution in [2.45, 2.75) is 18.9 Å². The number of nitrogens with one attached hydrogen (secondary N) is 1. The molecule has 114 valence electrons.